The lowest BCUT2D eigenvalue weighted by atomic mass is 10.2. The van der Waals surface area contributed by atoms with Crippen molar-refractivity contribution in [2.24, 2.45) is 0 Å². The van der Waals surface area contributed by atoms with E-state index < -0.39 is 40.4 Å². The average molecular weight is 329 g/mol. The minimum Gasteiger partial charge on any atom is -0.444 e. The highest BCUT2D eigenvalue weighted by atomic mass is 19.2. The van der Waals surface area contributed by atoms with Crippen molar-refractivity contribution in [1.29, 1.82) is 0 Å². The fourth-order valence-electron chi connectivity index (χ4n) is 1.76. The first-order valence-corrected chi connectivity index (χ1v) is 6.54. The second kappa shape index (κ2) is 5.82. The predicted octanol–water partition coefficient (Wildman–Crippen LogP) is 2.93. The number of aromatic amines is 1. The summed E-state index contributed by atoms with van der Waals surface area (Å²) in [6.07, 6.45) is -0.895. The zero-order chi connectivity index (χ0) is 17.4. The highest BCUT2D eigenvalue weighted by molar-refractivity contribution is 5.84. The second-order valence-electron chi connectivity index (χ2n) is 5.69. The molecule has 0 unspecified atom stereocenters. The Morgan fingerprint density at radius 1 is 1.13 bits per heavy atom. The van der Waals surface area contributed by atoms with Gasteiger partial charge in [-0.1, -0.05) is 0 Å². The summed E-state index contributed by atoms with van der Waals surface area (Å²) in [5.41, 5.74) is -1.95. The van der Waals surface area contributed by atoms with Gasteiger partial charge in [0.15, 0.2) is 17.5 Å². The standard InChI is InChI=1S/C14H14F3N3O3/c1-14(2,3)23-13(22)18-11-6-12(21)19-20(11)10-5-8(16)7(15)4-9(10)17/h4-6H,1-3H3,(H,18,22)(H,19,21). The number of carbonyl (C=O) groups excluding carboxylic acids is 1. The van der Waals surface area contributed by atoms with Crippen LogP contribution < -0.4 is 10.9 Å². The minimum atomic E-state index is -1.37. The summed E-state index contributed by atoms with van der Waals surface area (Å²) in [4.78, 5) is 23.2. The maximum atomic E-state index is 13.8. The third-order valence-electron chi connectivity index (χ3n) is 2.59. The van der Waals surface area contributed by atoms with E-state index in [4.69, 9.17) is 4.74 Å². The van der Waals surface area contributed by atoms with Crippen LogP contribution in [0.15, 0.2) is 23.0 Å². The molecular formula is C14H14F3N3O3. The Morgan fingerprint density at radius 3 is 2.35 bits per heavy atom. The van der Waals surface area contributed by atoms with Crippen LogP contribution in [-0.2, 0) is 4.74 Å². The van der Waals surface area contributed by atoms with Gasteiger partial charge in [0, 0.05) is 18.2 Å². The van der Waals surface area contributed by atoms with Gasteiger partial charge in [-0.25, -0.2) is 22.6 Å². The summed E-state index contributed by atoms with van der Waals surface area (Å²) >= 11 is 0. The Labute approximate surface area is 128 Å². The third kappa shape index (κ3) is 3.93. The molecule has 1 heterocycles. The predicted molar refractivity (Wildman–Crippen MR) is 76.1 cm³/mol. The summed E-state index contributed by atoms with van der Waals surface area (Å²) < 4.78 is 45.9. The van der Waals surface area contributed by atoms with Crippen molar-refractivity contribution in [2.75, 3.05) is 5.32 Å². The van der Waals surface area contributed by atoms with Crippen LogP contribution in [0, 0.1) is 17.5 Å². The first-order valence-electron chi connectivity index (χ1n) is 6.54. The molecule has 6 nitrogen and oxygen atoms in total. The van der Waals surface area contributed by atoms with E-state index in [9.17, 15) is 22.8 Å². The molecule has 0 atom stereocenters. The summed E-state index contributed by atoms with van der Waals surface area (Å²) in [6.45, 7) is 4.89. The molecule has 23 heavy (non-hydrogen) atoms. The Kier molecular flexibility index (Phi) is 4.22. The number of hydrogen-bond acceptors (Lipinski definition) is 3. The lowest BCUT2D eigenvalue weighted by Crippen LogP contribution is -2.28. The molecule has 1 amide bonds. The maximum absolute atomic E-state index is 13.8. The van der Waals surface area contributed by atoms with Gasteiger partial charge in [-0.2, -0.15) is 0 Å². The lowest BCUT2D eigenvalue weighted by Gasteiger charge is -2.20. The molecule has 0 aliphatic carbocycles. The van der Waals surface area contributed by atoms with E-state index in [1.54, 1.807) is 20.8 Å². The van der Waals surface area contributed by atoms with Crippen molar-refractivity contribution < 1.29 is 22.7 Å². The van der Waals surface area contributed by atoms with Gasteiger partial charge in [-0.3, -0.25) is 15.2 Å². The van der Waals surface area contributed by atoms with Crippen LogP contribution >= 0.6 is 0 Å². The quantitative estimate of drug-likeness (QED) is 0.832. The van der Waals surface area contributed by atoms with Crippen molar-refractivity contribution in [3.63, 3.8) is 0 Å². The number of benzene rings is 1. The molecular weight excluding hydrogens is 315 g/mol. The molecule has 0 bridgehead atoms. The number of nitrogens with zero attached hydrogens (tertiary/aromatic N) is 1. The van der Waals surface area contributed by atoms with Crippen molar-refractivity contribution in [3.8, 4) is 5.69 Å². The number of amides is 1. The van der Waals surface area contributed by atoms with Crippen molar-refractivity contribution in [1.82, 2.24) is 9.78 Å². The molecule has 0 aliphatic heterocycles. The zero-order valence-electron chi connectivity index (χ0n) is 12.5. The highest BCUT2D eigenvalue weighted by Crippen LogP contribution is 2.20. The second-order valence-corrected chi connectivity index (χ2v) is 5.69. The molecule has 0 saturated carbocycles. The van der Waals surface area contributed by atoms with Crippen LogP contribution in [0.5, 0.6) is 0 Å². The van der Waals surface area contributed by atoms with E-state index in [0.717, 1.165) is 10.7 Å². The van der Waals surface area contributed by atoms with Gasteiger partial charge in [0.25, 0.3) is 5.56 Å². The van der Waals surface area contributed by atoms with E-state index in [1.165, 1.54) is 0 Å². The van der Waals surface area contributed by atoms with Gasteiger partial charge < -0.3 is 4.74 Å². The smallest absolute Gasteiger partial charge is 0.413 e. The van der Waals surface area contributed by atoms with Gasteiger partial charge in [0.05, 0.1) is 0 Å². The fraction of sp³-hybridized carbons (Fsp3) is 0.286. The summed E-state index contributed by atoms with van der Waals surface area (Å²) in [7, 11) is 0. The maximum Gasteiger partial charge on any atom is 0.413 e. The molecule has 0 aliphatic rings. The molecule has 124 valence electrons. The SMILES string of the molecule is CC(C)(C)OC(=O)Nc1cc(=O)[nH]n1-c1cc(F)c(F)cc1F. The van der Waals surface area contributed by atoms with Gasteiger partial charge in [-0.05, 0) is 20.8 Å². The van der Waals surface area contributed by atoms with Gasteiger partial charge in [0.2, 0.25) is 0 Å². The van der Waals surface area contributed by atoms with Crippen LogP contribution in [0.3, 0.4) is 0 Å². The summed E-state index contributed by atoms with van der Waals surface area (Å²) in [5.74, 6) is -3.99. The number of carbonyl (C=O) groups is 1. The molecule has 1 aromatic heterocycles. The largest absolute Gasteiger partial charge is 0.444 e. The molecule has 1 aromatic carbocycles. The third-order valence-corrected chi connectivity index (χ3v) is 2.59. The molecule has 2 N–H and O–H groups in total. The van der Waals surface area contributed by atoms with Crippen LogP contribution in [0.25, 0.3) is 5.69 Å². The molecule has 9 heteroatoms. The normalized spacial score (nSPS) is 11.4. The number of anilines is 1. The zero-order valence-corrected chi connectivity index (χ0v) is 12.5. The van der Waals surface area contributed by atoms with Crippen LogP contribution in [0.1, 0.15) is 20.8 Å². The molecule has 0 spiro atoms. The summed E-state index contributed by atoms with van der Waals surface area (Å²) in [6, 6.07) is 1.84. The fourth-order valence-corrected chi connectivity index (χ4v) is 1.76. The highest BCUT2D eigenvalue weighted by Gasteiger charge is 2.20. The summed E-state index contributed by atoms with van der Waals surface area (Å²) in [5, 5.41) is 4.41. The van der Waals surface area contributed by atoms with Gasteiger partial charge in [0.1, 0.15) is 17.1 Å². The Morgan fingerprint density at radius 2 is 1.74 bits per heavy atom. The Balaban J connectivity index is 2.41. The van der Waals surface area contributed by atoms with Crippen molar-refractivity contribution in [3.05, 3.63) is 46.0 Å². The number of aromatic nitrogens is 2. The van der Waals surface area contributed by atoms with E-state index in [-0.39, 0.29) is 5.82 Å². The Hall–Kier alpha value is -2.71. The number of ether oxygens (including phenoxy) is 1. The topological polar surface area (TPSA) is 76.1 Å². The molecule has 0 radical (unpaired) electrons. The van der Waals surface area contributed by atoms with Crippen LogP contribution in [-0.4, -0.2) is 21.5 Å². The van der Waals surface area contributed by atoms with Gasteiger partial charge in [-0.15, -0.1) is 0 Å². The monoisotopic (exact) mass is 329 g/mol. The number of nitrogens with one attached hydrogen (secondary N) is 2. The molecule has 2 aromatic rings. The number of halogens is 3. The van der Waals surface area contributed by atoms with Crippen molar-refractivity contribution >= 4 is 11.9 Å². The molecule has 2 rings (SSSR count). The van der Waals surface area contributed by atoms with Gasteiger partial charge >= 0.3 is 6.09 Å². The lowest BCUT2D eigenvalue weighted by molar-refractivity contribution is 0.0635. The first-order chi connectivity index (χ1) is 10.6. The number of H-pyrrole nitrogens is 1. The van der Waals surface area contributed by atoms with E-state index in [2.05, 4.69) is 10.4 Å². The Bertz CT molecular complexity index is 806. The van der Waals surface area contributed by atoms with Crippen molar-refractivity contribution in [2.45, 2.75) is 26.4 Å². The van der Waals surface area contributed by atoms with Crippen LogP contribution in [0.4, 0.5) is 23.8 Å². The molecule has 0 saturated heterocycles. The number of rotatable bonds is 2. The minimum absolute atomic E-state index is 0.186. The van der Waals surface area contributed by atoms with Crippen LogP contribution in [0.2, 0.25) is 0 Å². The average Bonchev–Trinajstić information content (AvgIpc) is 2.72. The van der Waals surface area contributed by atoms with E-state index in [1.807, 2.05) is 0 Å². The van der Waals surface area contributed by atoms with E-state index in [0.29, 0.717) is 12.1 Å². The molecule has 0 fully saturated rings. The number of hydrogen-bond donors (Lipinski definition) is 2. The van der Waals surface area contributed by atoms with E-state index >= 15 is 0 Å². The first kappa shape index (κ1) is 16.7.